The van der Waals surface area contributed by atoms with Gasteiger partial charge in [-0.05, 0) is 38.0 Å². The van der Waals surface area contributed by atoms with Crippen LogP contribution in [0.25, 0.3) is 0 Å². The van der Waals surface area contributed by atoms with Gasteiger partial charge in [0.15, 0.2) is 0 Å². The molecule has 0 aliphatic carbocycles. The van der Waals surface area contributed by atoms with Gasteiger partial charge in [-0.15, -0.1) is 0 Å². The maximum atomic E-state index is 12.4. The van der Waals surface area contributed by atoms with Gasteiger partial charge in [0.1, 0.15) is 17.5 Å². The minimum atomic E-state index is -0.354. The fourth-order valence-electron chi connectivity index (χ4n) is 3.82. The van der Waals surface area contributed by atoms with E-state index in [1.165, 1.54) is 7.11 Å². The number of amides is 1. The molecule has 0 N–H and O–H groups in total. The molecule has 2 unspecified atom stereocenters. The Bertz CT molecular complexity index is 900. The molecular formula is C21H24N4O3. The topological polar surface area (TPSA) is 66.7 Å². The van der Waals surface area contributed by atoms with Gasteiger partial charge in [-0.25, -0.2) is 4.79 Å². The molecule has 2 aliphatic heterocycles. The summed E-state index contributed by atoms with van der Waals surface area (Å²) in [5.41, 5.74) is 2.83. The number of ether oxygens (including phenoxy) is 2. The Labute approximate surface area is 164 Å². The maximum absolute atomic E-state index is 12.4. The normalized spacial score (nSPS) is 20.8. The summed E-state index contributed by atoms with van der Waals surface area (Å²) in [6.45, 7) is 2.73. The van der Waals surface area contributed by atoms with Crippen molar-refractivity contribution in [2.24, 2.45) is 10.3 Å². The highest BCUT2D eigenvalue weighted by Gasteiger charge is 2.34. The highest BCUT2D eigenvalue weighted by atomic mass is 16.5. The number of carbonyl (C=O) groups is 1. The summed E-state index contributed by atoms with van der Waals surface area (Å²) in [6, 6.07) is 13.6. The number of hydrogen-bond acceptors (Lipinski definition) is 6. The highest BCUT2D eigenvalue weighted by Crippen LogP contribution is 2.44. The molecule has 0 saturated carbocycles. The van der Waals surface area contributed by atoms with Gasteiger partial charge >= 0.3 is 6.09 Å². The van der Waals surface area contributed by atoms with E-state index in [9.17, 15) is 4.79 Å². The first-order chi connectivity index (χ1) is 13.6. The number of fused-ring (bicyclic) bond motifs is 1. The summed E-state index contributed by atoms with van der Waals surface area (Å²) >= 11 is 0. The lowest BCUT2D eigenvalue weighted by molar-refractivity contribution is 0.175. The Morgan fingerprint density at radius 1 is 1.18 bits per heavy atom. The average Bonchev–Trinajstić information content (AvgIpc) is 3.14. The van der Waals surface area contributed by atoms with E-state index >= 15 is 0 Å². The van der Waals surface area contributed by atoms with Gasteiger partial charge in [0, 0.05) is 24.2 Å². The zero-order valence-corrected chi connectivity index (χ0v) is 16.3. The van der Waals surface area contributed by atoms with E-state index in [0.717, 1.165) is 41.2 Å². The zero-order chi connectivity index (χ0) is 19.7. The molecule has 7 nitrogen and oxygen atoms in total. The van der Waals surface area contributed by atoms with Crippen molar-refractivity contribution in [3.63, 3.8) is 0 Å². The molecule has 0 radical (unpaired) electrons. The SMILES string of the molecule is COC(=O)N1c2ccc(C3CN(C)N=N3)c(Oc3ccccc3)c2CCC1C. The Morgan fingerprint density at radius 3 is 2.64 bits per heavy atom. The second-order valence-electron chi connectivity index (χ2n) is 7.19. The van der Waals surface area contributed by atoms with Crippen LogP contribution in [0.3, 0.4) is 0 Å². The molecule has 2 aromatic rings. The summed E-state index contributed by atoms with van der Waals surface area (Å²) in [6.07, 6.45) is 1.30. The molecular weight excluding hydrogens is 356 g/mol. The number of hydrogen-bond donors (Lipinski definition) is 0. The van der Waals surface area contributed by atoms with Crippen LogP contribution in [0.2, 0.25) is 0 Å². The van der Waals surface area contributed by atoms with Crippen LogP contribution in [0.5, 0.6) is 11.5 Å². The van der Waals surface area contributed by atoms with Crippen molar-refractivity contribution < 1.29 is 14.3 Å². The van der Waals surface area contributed by atoms with Crippen LogP contribution in [-0.2, 0) is 11.2 Å². The average molecular weight is 380 g/mol. The van der Waals surface area contributed by atoms with E-state index in [2.05, 4.69) is 10.3 Å². The van der Waals surface area contributed by atoms with E-state index in [0.29, 0.717) is 6.54 Å². The largest absolute Gasteiger partial charge is 0.457 e. The number of methoxy groups -OCH3 is 1. The van der Waals surface area contributed by atoms with Crippen molar-refractivity contribution >= 4 is 11.8 Å². The Kier molecular flexibility index (Phi) is 4.90. The molecule has 2 aliphatic rings. The third-order valence-corrected chi connectivity index (χ3v) is 5.25. The quantitative estimate of drug-likeness (QED) is 0.771. The van der Waals surface area contributed by atoms with Crippen LogP contribution in [0.4, 0.5) is 10.5 Å². The van der Waals surface area contributed by atoms with E-state index in [1.807, 2.05) is 61.4 Å². The molecule has 0 aromatic heterocycles. The van der Waals surface area contributed by atoms with Crippen LogP contribution < -0.4 is 9.64 Å². The molecule has 28 heavy (non-hydrogen) atoms. The number of carbonyl (C=O) groups excluding carboxylic acids is 1. The lowest BCUT2D eigenvalue weighted by Crippen LogP contribution is -2.42. The standard InChI is InChI=1S/C21H24N4O3/c1-14-9-10-17-19(25(14)21(26)27-3)12-11-16(18-13-24(2)23-22-18)20(17)28-15-7-5-4-6-8-15/h4-8,11-12,14,18H,9-10,13H2,1-3H3. The van der Waals surface area contributed by atoms with Crippen LogP contribution in [-0.4, -0.2) is 37.8 Å². The first kappa shape index (κ1) is 18.3. The van der Waals surface area contributed by atoms with Crippen LogP contribution in [0.1, 0.15) is 30.5 Å². The minimum Gasteiger partial charge on any atom is -0.457 e. The van der Waals surface area contributed by atoms with Crippen LogP contribution in [0, 0.1) is 0 Å². The molecule has 146 valence electrons. The van der Waals surface area contributed by atoms with Gasteiger partial charge in [0.05, 0.1) is 19.3 Å². The number of rotatable bonds is 3. The summed E-state index contributed by atoms with van der Waals surface area (Å²) in [4.78, 5) is 14.1. The third kappa shape index (κ3) is 3.28. The molecule has 0 spiro atoms. The van der Waals surface area contributed by atoms with Crippen molar-refractivity contribution in [3.05, 3.63) is 53.6 Å². The first-order valence-electron chi connectivity index (χ1n) is 9.46. The molecule has 1 amide bonds. The summed E-state index contributed by atoms with van der Waals surface area (Å²) in [7, 11) is 3.31. The fraction of sp³-hybridized carbons (Fsp3) is 0.381. The number of para-hydroxylation sites is 1. The predicted molar refractivity (Wildman–Crippen MR) is 106 cm³/mol. The molecule has 4 rings (SSSR count). The molecule has 7 heteroatoms. The van der Waals surface area contributed by atoms with Crippen LogP contribution >= 0.6 is 0 Å². The zero-order valence-electron chi connectivity index (χ0n) is 16.3. The van der Waals surface area contributed by atoms with Gasteiger partial charge < -0.3 is 9.47 Å². The van der Waals surface area contributed by atoms with E-state index in [1.54, 1.807) is 4.90 Å². The second kappa shape index (κ2) is 7.50. The van der Waals surface area contributed by atoms with Crippen molar-refractivity contribution in [1.29, 1.82) is 0 Å². The number of anilines is 1. The lowest BCUT2D eigenvalue weighted by atomic mass is 9.92. The monoisotopic (exact) mass is 380 g/mol. The predicted octanol–water partition coefficient (Wildman–Crippen LogP) is 4.74. The molecule has 2 atom stereocenters. The van der Waals surface area contributed by atoms with Crippen molar-refractivity contribution in [2.45, 2.75) is 31.8 Å². The lowest BCUT2D eigenvalue weighted by Gasteiger charge is -2.35. The first-order valence-corrected chi connectivity index (χ1v) is 9.46. The Hall–Kier alpha value is -3.09. The van der Waals surface area contributed by atoms with Gasteiger partial charge in [-0.1, -0.05) is 29.5 Å². The highest BCUT2D eigenvalue weighted by molar-refractivity contribution is 5.90. The Morgan fingerprint density at radius 2 is 1.96 bits per heavy atom. The molecule has 0 fully saturated rings. The third-order valence-electron chi connectivity index (χ3n) is 5.25. The van der Waals surface area contributed by atoms with E-state index < -0.39 is 0 Å². The minimum absolute atomic E-state index is 0.0627. The summed E-state index contributed by atoms with van der Waals surface area (Å²) < 4.78 is 11.4. The second-order valence-corrected chi connectivity index (χ2v) is 7.19. The molecule has 0 saturated heterocycles. The number of benzene rings is 2. The van der Waals surface area contributed by atoms with Crippen molar-refractivity contribution in [1.82, 2.24) is 5.01 Å². The summed E-state index contributed by atoms with van der Waals surface area (Å²) in [5.74, 6) is 1.52. The maximum Gasteiger partial charge on any atom is 0.414 e. The summed E-state index contributed by atoms with van der Waals surface area (Å²) in [5, 5.41) is 10.3. The molecule has 0 bridgehead atoms. The molecule has 2 aromatic carbocycles. The molecule has 2 heterocycles. The number of likely N-dealkylation sites (N-methyl/N-ethyl adjacent to an activating group) is 1. The van der Waals surface area contributed by atoms with Gasteiger partial charge in [0.2, 0.25) is 0 Å². The van der Waals surface area contributed by atoms with Gasteiger partial charge in [-0.2, -0.15) is 5.11 Å². The van der Waals surface area contributed by atoms with E-state index in [4.69, 9.17) is 9.47 Å². The van der Waals surface area contributed by atoms with Crippen molar-refractivity contribution in [2.75, 3.05) is 25.6 Å². The smallest absolute Gasteiger partial charge is 0.414 e. The number of nitrogens with zero attached hydrogens (tertiary/aromatic N) is 4. The van der Waals surface area contributed by atoms with Gasteiger partial charge in [-0.3, -0.25) is 9.91 Å². The fourth-order valence-corrected chi connectivity index (χ4v) is 3.82. The van der Waals surface area contributed by atoms with Crippen molar-refractivity contribution in [3.8, 4) is 11.5 Å². The van der Waals surface area contributed by atoms with Crippen LogP contribution in [0.15, 0.2) is 52.8 Å². The van der Waals surface area contributed by atoms with Gasteiger partial charge in [0.25, 0.3) is 0 Å². The van der Waals surface area contributed by atoms with E-state index in [-0.39, 0.29) is 18.2 Å². The Balaban J connectivity index is 1.83.